The van der Waals surface area contributed by atoms with E-state index >= 15 is 0 Å². The summed E-state index contributed by atoms with van der Waals surface area (Å²) in [5.41, 5.74) is 0. The van der Waals surface area contributed by atoms with E-state index in [9.17, 15) is 0 Å². The van der Waals surface area contributed by atoms with Crippen molar-refractivity contribution in [3.05, 3.63) is 0 Å². The van der Waals surface area contributed by atoms with Gasteiger partial charge in [0.1, 0.15) is 0 Å². The summed E-state index contributed by atoms with van der Waals surface area (Å²) in [6.07, 6.45) is 5.72. The molecule has 13 heavy (non-hydrogen) atoms. The van der Waals surface area contributed by atoms with Gasteiger partial charge in [-0.05, 0) is 45.4 Å². The molecule has 1 saturated carbocycles. The van der Waals surface area contributed by atoms with Crippen molar-refractivity contribution in [2.45, 2.75) is 57.7 Å². The fourth-order valence-corrected chi connectivity index (χ4v) is 2.25. The van der Waals surface area contributed by atoms with Crippen LogP contribution in [0.1, 0.15) is 39.5 Å². The van der Waals surface area contributed by atoms with Crippen molar-refractivity contribution < 1.29 is 4.74 Å². The predicted molar refractivity (Wildman–Crippen MR) is 53.8 cm³/mol. The van der Waals surface area contributed by atoms with E-state index in [0.29, 0.717) is 12.1 Å². The summed E-state index contributed by atoms with van der Waals surface area (Å²) < 4.78 is 5.53. The third-order valence-corrected chi connectivity index (χ3v) is 3.31. The summed E-state index contributed by atoms with van der Waals surface area (Å²) in [6.45, 7) is 5.45. The van der Waals surface area contributed by atoms with Crippen molar-refractivity contribution in [2.24, 2.45) is 5.92 Å². The van der Waals surface area contributed by atoms with Crippen molar-refractivity contribution in [2.75, 3.05) is 6.61 Å². The van der Waals surface area contributed by atoms with Crippen molar-refractivity contribution in [1.29, 1.82) is 0 Å². The summed E-state index contributed by atoms with van der Waals surface area (Å²) in [4.78, 5) is 0. The third-order valence-electron chi connectivity index (χ3n) is 3.31. The molecule has 1 saturated heterocycles. The molecule has 1 aliphatic heterocycles. The van der Waals surface area contributed by atoms with E-state index in [-0.39, 0.29) is 0 Å². The second-order valence-electron chi connectivity index (χ2n) is 4.70. The molecule has 0 aromatic carbocycles. The van der Waals surface area contributed by atoms with Gasteiger partial charge < -0.3 is 10.1 Å². The summed E-state index contributed by atoms with van der Waals surface area (Å²) in [6, 6.07) is 1.44. The molecule has 1 heterocycles. The highest BCUT2D eigenvalue weighted by atomic mass is 16.5. The number of hydrogen-bond acceptors (Lipinski definition) is 2. The fraction of sp³-hybridized carbons (Fsp3) is 1.00. The highest BCUT2D eigenvalue weighted by Crippen LogP contribution is 2.33. The fourth-order valence-electron chi connectivity index (χ4n) is 2.25. The van der Waals surface area contributed by atoms with Gasteiger partial charge >= 0.3 is 0 Å². The molecule has 3 atom stereocenters. The highest BCUT2D eigenvalue weighted by Gasteiger charge is 2.30. The van der Waals surface area contributed by atoms with Gasteiger partial charge in [0.25, 0.3) is 0 Å². The second kappa shape index (κ2) is 3.97. The van der Waals surface area contributed by atoms with Crippen LogP contribution in [0.4, 0.5) is 0 Å². The highest BCUT2D eigenvalue weighted by molar-refractivity contribution is 4.86. The molecule has 2 aliphatic rings. The molecule has 2 heteroatoms. The molecule has 3 unspecified atom stereocenters. The Morgan fingerprint density at radius 2 is 2.08 bits per heavy atom. The summed E-state index contributed by atoms with van der Waals surface area (Å²) in [5.74, 6) is 0.971. The Kier molecular flexibility index (Phi) is 2.89. The Balaban J connectivity index is 1.73. The Morgan fingerprint density at radius 1 is 1.31 bits per heavy atom. The topological polar surface area (TPSA) is 21.3 Å². The van der Waals surface area contributed by atoms with Crippen LogP contribution in [0.15, 0.2) is 0 Å². The zero-order valence-corrected chi connectivity index (χ0v) is 8.75. The Morgan fingerprint density at radius 3 is 2.69 bits per heavy atom. The molecule has 2 fully saturated rings. The quantitative estimate of drug-likeness (QED) is 0.722. The normalized spacial score (nSPS) is 37.4. The van der Waals surface area contributed by atoms with Gasteiger partial charge in [-0.15, -0.1) is 0 Å². The molecule has 76 valence electrons. The smallest absolute Gasteiger partial charge is 0.0561 e. The van der Waals surface area contributed by atoms with Crippen molar-refractivity contribution in [3.8, 4) is 0 Å². The van der Waals surface area contributed by atoms with E-state index in [0.717, 1.165) is 18.6 Å². The van der Waals surface area contributed by atoms with Gasteiger partial charge in [0.05, 0.1) is 6.10 Å². The molecular weight excluding hydrogens is 162 g/mol. The zero-order chi connectivity index (χ0) is 9.26. The van der Waals surface area contributed by atoms with Gasteiger partial charge in [-0.2, -0.15) is 0 Å². The first-order chi connectivity index (χ1) is 6.25. The van der Waals surface area contributed by atoms with E-state index in [1.807, 2.05) is 0 Å². The molecule has 0 spiro atoms. The van der Waals surface area contributed by atoms with Gasteiger partial charge in [-0.25, -0.2) is 0 Å². The second-order valence-corrected chi connectivity index (χ2v) is 4.70. The minimum atomic E-state index is 0.456. The van der Waals surface area contributed by atoms with E-state index in [2.05, 4.69) is 19.2 Å². The molecule has 0 amide bonds. The molecule has 0 aromatic rings. The van der Waals surface area contributed by atoms with E-state index in [1.54, 1.807) is 0 Å². The first-order valence-corrected chi connectivity index (χ1v) is 5.63. The number of nitrogens with one attached hydrogen (secondary N) is 1. The molecule has 2 nitrogen and oxygen atoms in total. The van der Waals surface area contributed by atoms with Crippen molar-refractivity contribution >= 4 is 0 Å². The molecule has 1 aliphatic carbocycles. The summed E-state index contributed by atoms with van der Waals surface area (Å²) in [5, 5.41) is 3.73. The molecular formula is C11H21NO. The molecule has 0 bridgehead atoms. The maximum Gasteiger partial charge on any atom is 0.0561 e. The van der Waals surface area contributed by atoms with E-state index < -0.39 is 0 Å². The predicted octanol–water partition coefficient (Wildman–Crippen LogP) is 1.94. The SMILES string of the molecule is CC1CC(NC(C)C2CC2)CCO1. The number of ether oxygens (including phenoxy) is 1. The van der Waals surface area contributed by atoms with Crippen LogP contribution < -0.4 is 5.32 Å². The largest absolute Gasteiger partial charge is 0.378 e. The number of hydrogen-bond donors (Lipinski definition) is 1. The van der Waals surface area contributed by atoms with Crippen LogP contribution in [0, 0.1) is 5.92 Å². The summed E-state index contributed by atoms with van der Waals surface area (Å²) in [7, 11) is 0. The first kappa shape index (κ1) is 9.47. The van der Waals surface area contributed by atoms with Crippen LogP contribution in [0.3, 0.4) is 0 Å². The van der Waals surface area contributed by atoms with Crippen LogP contribution in [0.25, 0.3) is 0 Å². The third kappa shape index (κ3) is 2.68. The van der Waals surface area contributed by atoms with Gasteiger partial charge in [-0.3, -0.25) is 0 Å². The lowest BCUT2D eigenvalue weighted by Crippen LogP contribution is -2.43. The van der Waals surface area contributed by atoms with Crippen LogP contribution >= 0.6 is 0 Å². The average molecular weight is 183 g/mol. The van der Waals surface area contributed by atoms with Gasteiger partial charge in [-0.1, -0.05) is 0 Å². The maximum absolute atomic E-state index is 5.53. The van der Waals surface area contributed by atoms with Crippen molar-refractivity contribution in [1.82, 2.24) is 5.32 Å². The Hall–Kier alpha value is -0.0800. The van der Waals surface area contributed by atoms with Crippen LogP contribution in [0.5, 0.6) is 0 Å². The minimum Gasteiger partial charge on any atom is -0.378 e. The van der Waals surface area contributed by atoms with Crippen molar-refractivity contribution in [3.63, 3.8) is 0 Å². The van der Waals surface area contributed by atoms with Crippen LogP contribution in [0.2, 0.25) is 0 Å². The van der Waals surface area contributed by atoms with E-state index in [4.69, 9.17) is 4.74 Å². The standard InChI is InChI=1S/C11H21NO/c1-8-7-11(5-6-13-8)12-9(2)10-3-4-10/h8-12H,3-7H2,1-2H3. The van der Waals surface area contributed by atoms with Crippen LogP contribution in [-0.2, 0) is 4.74 Å². The first-order valence-electron chi connectivity index (χ1n) is 5.63. The van der Waals surface area contributed by atoms with Gasteiger partial charge in [0, 0.05) is 18.7 Å². The Bertz CT molecular complexity index is 167. The molecule has 2 rings (SSSR count). The van der Waals surface area contributed by atoms with Gasteiger partial charge in [0.2, 0.25) is 0 Å². The minimum absolute atomic E-state index is 0.456. The molecule has 0 aromatic heterocycles. The summed E-state index contributed by atoms with van der Waals surface area (Å²) >= 11 is 0. The molecule has 0 radical (unpaired) electrons. The lowest BCUT2D eigenvalue weighted by atomic mass is 10.0. The number of rotatable bonds is 3. The maximum atomic E-state index is 5.53. The van der Waals surface area contributed by atoms with Crippen LogP contribution in [-0.4, -0.2) is 24.8 Å². The van der Waals surface area contributed by atoms with Gasteiger partial charge in [0.15, 0.2) is 0 Å². The lowest BCUT2D eigenvalue weighted by Gasteiger charge is -2.30. The van der Waals surface area contributed by atoms with E-state index in [1.165, 1.54) is 25.7 Å². The average Bonchev–Trinajstić information content (AvgIpc) is 2.85. The monoisotopic (exact) mass is 183 g/mol. The molecule has 1 N–H and O–H groups in total. The Labute approximate surface area is 81.0 Å². The zero-order valence-electron chi connectivity index (χ0n) is 8.75. The lowest BCUT2D eigenvalue weighted by molar-refractivity contribution is 0.0112.